The predicted molar refractivity (Wildman–Crippen MR) is 122 cm³/mol. The maximum absolute atomic E-state index is 5.94. The normalized spacial score (nSPS) is 15.3. The van der Waals surface area contributed by atoms with E-state index in [0.717, 1.165) is 49.7 Å². The van der Waals surface area contributed by atoms with Crippen LogP contribution in [0.1, 0.15) is 16.7 Å². The summed E-state index contributed by atoms with van der Waals surface area (Å²) < 4.78 is 7.96. The van der Waals surface area contributed by atoms with Crippen LogP contribution in [0.5, 0.6) is 5.75 Å². The van der Waals surface area contributed by atoms with Crippen LogP contribution in [-0.2, 0) is 19.5 Å². The Bertz CT molecular complexity index is 1120. The van der Waals surface area contributed by atoms with Crippen molar-refractivity contribution in [3.8, 4) is 17.0 Å². The van der Waals surface area contributed by atoms with Crippen molar-refractivity contribution in [1.82, 2.24) is 20.1 Å². The molecule has 1 unspecified atom stereocenters. The molecular formula is C26H26N4O. The highest BCUT2D eigenvalue weighted by Crippen LogP contribution is 2.27. The minimum absolute atomic E-state index is 0.469. The fourth-order valence-corrected chi connectivity index (χ4v) is 4.12. The first-order valence-corrected chi connectivity index (χ1v) is 10.8. The van der Waals surface area contributed by atoms with E-state index < -0.39 is 0 Å². The molecule has 2 aromatic heterocycles. The van der Waals surface area contributed by atoms with Crippen molar-refractivity contribution in [1.29, 1.82) is 0 Å². The van der Waals surface area contributed by atoms with Crippen molar-refractivity contribution in [3.63, 3.8) is 0 Å². The molecule has 3 heterocycles. The number of aromatic nitrogens is 3. The third-order valence-corrected chi connectivity index (χ3v) is 5.66. The van der Waals surface area contributed by atoms with Gasteiger partial charge in [-0.25, -0.2) is 0 Å². The molecule has 0 aliphatic carbocycles. The highest BCUT2D eigenvalue weighted by Gasteiger charge is 2.19. The molecule has 1 aliphatic rings. The molecule has 0 saturated carbocycles. The average Bonchev–Trinajstić information content (AvgIpc) is 3.22. The number of hydrogen-bond donors (Lipinski definition) is 1. The SMILES string of the molecule is c1ccc(Cn2cc(CNCC3COc4ccccc4C3)c(-c3cccnc3)n2)cc1. The predicted octanol–water partition coefficient (Wildman–Crippen LogP) is 4.33. The zero-order valence-electron chi connectivity index (χ0n) is 17.4. The van der Waals surface area contributed by atoms with Crippen molar-refractivity contribution >= 4 is 0 Å². The van der Waals surface area contributed by atoms with Gasteiger partial charge in [-0.05, 0) is 35.7 Å². The van der Waals surface area contributed by atoms with Crippen LogP contribution in [-0.4, -0.2) is 27.9 Å². The third kappa shape index (κ3) is 4.67. The first kappa shape index (κ1) is 19.5. The quantitative estimate of drug-likeness (QED) is 0.493. The van der Waals surface area contributed by atoms with Gasteiger partial charge >= 0.3 is 0 Å². The van der Waals surface area contributed by atoms with Crippen LogP contribution in [0.25, 0.3) is 11.3 Å². The summed E-state index contributed by atoms with van der Waals surface area (Å²) in [5.74, 6) is 1.50. The van der Waals surface area contributed by atoms with Crippen molar-refractivity contribution in [2.75, 3.05) is 13.2 Å². The van der Waals surface area contributed by atoms with Gasteiger partial charge in [0.15, 0.2) is 0 Å². The molecule has 156 valence electrons. The van der Waals surface area contributed by atoms with E-state index in [1.165, 1.54) is 16.7 Å². The van der Waals surface area contributed by atoms with Gasteiger partial charge in [0.25, 0.3) is 0 Å². The van der Waals surface area contributed by atoms with E-state index in [0.29, 0.717) is 5.92 Å². The Morgan fingerprint density at radius 2 is 1.87 bits per heavy atom. The maximum atomic E-state index is 5.94. The second-order valence-corrected chi connectivity index (χ2v) is 8.05. The van der Waals surface area contributed by atoms with E-state index in [4.69, 9.17) is 9.84 Å². The number of benzene rings is 2. The van der Waals surface area contributed by atoms with E-state index in [1.807, 2.05) is 29.1 Å². The molecule has 0 radical (unpaired) electrons. The van der Waals surface area contributed by atoms with Gasteiger partial charge in [0.05, 0.1) is 18.8 Å². The fraction of sp³-hybridized carbons (Fsp3) is 0.231. The number of para-hydroxylation sites is 1. The lowest BCUT2D eigenvalue weighted by Gasteiger charge is -2.25. The zero-order valence-corrected chi connectivity index (χ0v) is 17.4. The summed E-state index contributed by atoms with van der Waals surface area (Å²) in [6.07, 6.45) is 6.87. The van der Waals surface area contributed by atoms with Crippen LogP contribution in [0.3, 0.4) is 0 Å². The van der Waals surface area contributed by atoms with Crippen molar-refractivity contribution in [2.24, 2.45) is 5.92 Å². The lowest BCUT2D eigenvalue weighted by Crippen LogP contribution is -2.31. The molecule has 5 rings (SSSR count). The Morgan fingerprint density at radius 3 is 2.74 bits per heavy atom. The Labute approximate surface area is 182 Å². The molecule has 31 heavy (non-hydrogen) atoms. The maximum Gasteiger partial charge on any atom is 0.122 e. The lowest BCUT2D eigenvalue weighted by molar-refractivity contribution is 0.218. The minimum atomic E-state index is 0.469. The van der Waals surface area contributed by atoms with E-state index in [9.17, 15) is 0 Å². The van der Waals surface area contributed by atoms with E-state index in [1.54, 1.807) is 6.20 Å². The van der Waals surface area contributed by atoms with Gasteiger partial charge in [0.1, 0.15) is 5.75 Å². The lowest BCUT2D eigenvalue weighted by atomic mass is 9.96. The molecule has 1 aliphatic heterocycles. The monoisotopic (exact) mass is 410 g/mol. The topological polar surface area (TPSA) is 52.0 Å². The first-order chi connectivity index (χ1) is 15.3. The average molecular weight is 411 g/mol. The summed E-state index contributed by atoms with van der Waals surface area (Å²) in [7, 11) is 0. The molecule has 1 N–H and O–H groups in total. The van der Waals surface area contributed by atoms with Crippen LogP contribution in [0, 0.1) is 5.92 Å². The van der Waals surface area contributed by atoms with E-state index >= 15 is 0 Å². The van der Waals surface area contributed by atoms with Gasteiger partial charge < -0.3 is 10.1 Å². The van der Waals surface area contributed by atoms with E-state index in [2.05, 4.69) is 65.0 Å². The Balaban J connectivity index is 1.28. The number of nitrogens with one attached hydrogen (secondary N) is 1. The summed E-state index contributed by atoms with van der Waals surface area (Å²) in [5, 5.41) is 8.52. The van der Waals surface area contributed by atoms with Crippen LogP contribution < -0.4 is 10.1 Å². The number of fused-ring (bicyclic) bond motifs is 1. The van der Waals surface area contributed by atoms with Crippen LogP contribution >= 0.6 is 0 Å². The molecule has 4 aromatic rings. The first-order valence-electron chi connectivity index (χ1n) is 10.8. The zero-order chi connectivity index (χ0) is 20.9. The van der Waals surface area contributed by atoms with Crippen molar-refractivity contribution in [3.05, 3.63) is 102 Å². The van der Waals surface area contributed by atoms with Crippen LogP contribution in [0.4, 0.5) is 0 Å². The summed E-state index contributed by atoms with van der Waals surface area (Å²) in [6, 6.07) is 22.8. The number of pyridine rings is 1. The van der Waals surface area contributed by atoms with Gasteiger partial charge in [-0.15, -0.1) is 0 Å². The number of rotatable bonds is 7. The standard InChI is InChI=1S/C26H26N4O/c1-2-7-20(8-3-1)17-30-18-24(26(29-30)23-10-6-12-27-15-23)16-28-14-21-13-22-9-4-5-11-25(22)31-19-21/h1-12,15,18,21,28H,13-14,16-17,19H2. The summed E-state index contributed by atoms with van der Waals surface area (Å²) in [6.45, 7) is 3.18. The summed E-state index contributed by atoms with van der Waals surface area (Å²) in [4.78, 5) is 4.28. The summed E-state index contributed by atoms with van der Waals surface area (Å²) >= 11 is 0. The third-order valence-electron chi connectivity index (χ3n) is 5.66. The highest BCUT2D eigenvalue weighted by atomic mass is 16.5. The molecule has 5 nitrogen and oxygen atoms in total. The molecular weight excluding hydrogens is 384 g/mol. The molecule has 0 saturated heterocycles. The van der Waals surface area contributed by atoms with Crippen LogP contribution in [0.2, 0.25) is 0 Å². The molecule has 0 bridgehead atoms. The number of ether oxygens (including phenoxy) is 1. The second-order valence-electron chi connectivity index (χ2n) is 8.05. The Hall–Kier alpha value is -3.44. The minimum Gasteiger partial charge on any atom is -0.493 e. The van der Waals surface area contributed by atoms with Crippen LogP contribution in [0.15, 0.2) is 85.3 Å². The number of hydrogen-bond acceptors (Lipinski definition) is 4. The van der Waals surface area contributed by atoms with Crippen molar-refractivity contribution in [2.45, 2.75) is 19.5 Å². The molecule has 5 heteroatoms. The fourth-order valence-electron chi connectivity index (χ4n) is 4.12. The molecule has 0 spiro atoms. The number of nitrogens with zero attached hydrogens (tertiary/aromatic N) is 3. The molecule has 2 aromatic carbocycles. The van der Waals surface area contributed by atoms with Gasteiger partial charge in [-0.1, -0.05) is 48.5 Å². The molecule has 0 amide bonds. The second kappa shape index (κ2) is 9.14. The van der Waals surface area contributed by atoms with Crippen molar-refractivity contribution < 1.29 is 4.74 Å². The van der Waals surface area contributed by atoms with E-state index in [-0.39, 0.29) is 0 Å². The summed E-state index contributed by atoms with van der Waals surface area (Å²) in [5.41, 5.74) is 5.75. The smallest absolute Gasteiger partial charge is 0.122 e. The van der Waals surface area contributed by atoms with Gasteiger partial charge in [-0.2, -0.15) is 5.10 Å². The highest BCUT2D eigenvalue weighted by molar-refractivity contribution is 5.61. The Morgan fingerprint density at radius 1 is 1.00 bits per heavy atom. The Kier molecular flexibility index (Phi) is 5.76. The van der Waals surface area contributed by atoms with Gasteiger partial charge in [0, 0.05) is 48.7 Å². The molecule has 1 atom stereocenters. The van der Waals surface area contributed by atoms with Gasteiger partial charge in [0.2, 0.25) is 0 Å². The molecule has 0 fully saturated rings. The van der Waals surface area contributed by atoms with Gasteiger partial charge in [-0.3, -0.25) is 9.67 Å². The largest absolute Gasteiger partial charge is 0.493 e.